The number of thioether (sulfide) groups is 1. The summed E-state index contributed by atoms with van der Waals surface area (Å²) in [4.78, 5) is 4.84. The van der Waals surface area contributed by atoms with Crippen LogP contribution in [0.2, 0.25) is 0 Å². The number of nitrogens with zero attached hydrogens (tertiary/aromatic N) is 2. The third-order valence-electron chi connectivity index (χ3n) is 2.67. The van der Waals surface area contributed by atoms with E-state index in [1.165, 1.54) is 24.2 Å². The maximum atomic E-state index is 12.6. The summed E-state index contributed by atoms with van der Waals surface area (Å²) in [7, 11) is 0. The fraction of sp³-hybridized carbons (Fsp3) is 0.308. The number of benzene rings is 1. The Morgan fingerprint density at radius 3 is 2.89 bits per heavy atom. The first kappa shape index (κ1) is 14.0. The Balaban J connectivity index is 2.06. The zero-order valence-electron chi connectivity index (χ0n) is 10.3. The predicted molar refractivity (Wildman–Crippen MR) is 70.1 cm³/mol. The van der Waals surface area contributed by atoms with Gasteiger partial charge in [-0.3, -0.25) is 4.57 Å². The lowest BCUT2D eigenvalue weighted by atomic mass is 10.1. The molecule has 0 spiro atoms. The lowest BCUT2D eigenvalue weighted by Crippen LogP contribution is -2.02. The number of hydrogen-bond donors (Lipinski definition) is 1. The average Bonchev–Trinajstić information content (AvgIpc) is 2.85. The van der Waals surface area contributed by atoms with Crippen LogP contribution in [0.15, 0.2) is 41.6 Å². The summed E-state index contributed by atoms with van der Waals surface area (Å²) in [5.41, 5.74) is 0.808. The highest BCUT2D eigenvalue weighted by Gasteiger charge is 2.11. The first-order chi connectivity index (χ1) is 9.08. The van der Waals surface area contributed by atoms with Gasteiger partial charge in [-0.1, -0.05) is 12.1 Å². The van der Waals surface area contributed by atoms with E-state index in [4.69, 9.17) is 0 Å². The van der Waals surface area contributed by atoms with Gasteiger partial charge < -0.3 is 5.11 Å². The highest BCUT2D eigenvalue weighted by atomic mass is 32.2. The van der Waals surface area contributed by atoms with E-state index in [1.54, 1.807) is 6.92 Å². The Morgan fingerprint density at radius 2 is 2.21 bits per heavy atom. The van der Waals surface area contributed by atoms with E-state index in [9.17, 15) is 13.9 Å². The second-order valence-corrected chi connectivity index (χ2v) is 5.11. The largest absolute Gasteiger partial charge is 0.389 e. The van der Waals surface area contributed by atoms with Gasteiger partial charge in [0.1, 0.15) is 5.82 Å². The average molecular weight is 284 g/mol. The molecule has 1 N–H and O–H groups in total. The fourth-order valence-corrected chi connectivity index (χ4v) is 2.56. The molecule has 0 aliphatic heterocycles. The number of alkyl halides is 2. The second kappa shape index (κ2) is 6.16. The van der Waals surface area contributed by atoms with Crippen LogP contribution >= 0.6 is 11.8 Å². The predicted octanol–water partition coefficient (Wildman–Crippen LogP) is 3.62. The molecule has 0 aliphatic carbocycles. The van der Waals surface area contributed by atoms with Gasteiger partial charge in [0.25, 0.3) is 0 Å². The molecule has 0 fully saturated rings. The normalized spacial score (nSPS) is 12.9. The number of halogens is 2. The maximum absolute atomic E-state index is 12.6. The van der Waals surface area contributed by atoms with Crippen molar-refractivity contribution in [2.45, 2.75) is 30.2 Å². The molecule has 0 amide bonds. The van der Waals surface area contributed by atoms with Crippen molar-refractivity contribution in [2.75, 3.05) is 0 Å². The molecule has 19 heavy (non-hydrogen) atoms. The van der Waals surface area contributed by atoms with Crippen molar-refractivity contribution in [3.05, 3.63) is 48.0 Å². The van der Waals surface area contributed by atoms with Crippen molar-refractivity contribution in [2.24, 2.45) is 0 Å². The maximum Gasteiger partial charge on any atom is 0.319 e. The number of aromatic nitrogens is 2. The molecule has 1 unspecified atom stereocenters. The van der Waals surface area contributed by atoms with Crippen LogP contribution in [0.1, 0.15) is 31.0 Å². The SMILES string of the molecule is CC(O)c1cccc(SCc2nccn2C(F)F)c1. The standard InChI is InChI=1S/C13H14F2N2OS/c1-9(18)10-3-2-4-11(7-10)19-8-12-16-5-6-17(12)13(14)15/h2-7,9,13,18H,8H2,1H3. The van der Waals surface area contributed by atoms with E-state index in [0.29, 0.717) is 11.6 Å². The molecule has 0 bridgehead atoms. The minimum atomic E-state index is -2.57. The molecular formula is C13H14F2N2OS. The molecular weight excluding hydrogens is 270 g/mol. The number of aliphatic hydroxyl groups is 1. The van der Waals surface area contributed by atoms with Gasteiger partial charge in [0.2, 0.25) is 0 Å². The topological polar surface area (TPSA) is 38.1 Å². The van der Waals surface area contributed by atoms with E-state index in [0.717, 1.165) is 15.0 Å². The number of imidazole rings is 1. The van der Waals surface area contributed by atoms with Crippen LogP contribution in [0, 0.1) is 0 Å². The summed E-state index contributed by atoms with van der Waals surface area (Å²) in [5, 5.41) is 9.49. The van der Waals surface area contributed by atoms with Crippen LogP contribution in [0.5, 0.6) is 0 Å². The monoisotopic (exact) mass is 284 g/mol. The van der Waals surface area contributed by atoms with Crippen molar-refractivity contribution in [1.29, 1.82) is 0 Å². The van der Waals surface area contributed by atoms with Crippen molar-refractivity contribution < 1.29 is 13.9 Å². The van der Waals surface area contributed by atoms with E-state index in [-0.39, 0.29) is 0 Å². The van der Waals surface area contributed by atoms with Crippen LogP contribution < -0.4 is 0 Å². The minimum absolute atomic E-state index is 0.336. The number of aliphatic hydroxyl groups excluding tert-OH is 1. The molecule has 1 heterocycles. The molecule has 0 saturated carbocycles. The van der Waals surface area contributed by atoms with Gasteiger partial charge in [0.15, 0.2) is 0 Å². The van der Waals surface area contributed by atoms with Gasteiger partial charge in [-0.15, -0.1) is 11.8 Å². The molecule has 0 radical (unpaired) electrons. The lowest BCUT2D eigenvalue weighted by molar-refractivity contribution is 0.0678. The van der Waals surface area contributed by atoms with E-state index < -0.39 is 12.7 Å². The molecule has 102 valence electrons. The fourth-order valence-electron chi connectivity index (χ4n) is 1.65. The Labute approximate surface area is 114 Å². The highest BCUT2D eigenvalue weighted by Crippen LogP contribution is 2.26. The van der Waals surface area contributed by atoms with Gasteiger partial charge in [0, 0.05) is 17.3 Å². The summed E-state index contributed by atoms with van der Waals surface area (Å²) in [5.74, 6) is 0.697. The summed E-state index contributed by atoms with van der Waals surface area (Å²) >= 11 is 1.41. The number of rotatable bonds is 5. The van der Waals surface area contributed by atoms with Crippen molar-refractivity contribution >= 4 is 11.8 Å². The van der Waals surface area contributed by atoms with Crippen LogP contribution in [-0.2, 0) is 5.75 Å². The third kappa shape index (κ3) is 3.54. The van der Waals surface area contributed by atoms with Gasteiger partial charge in [-0.2, -0.15) is 8.78 Å². The van der Waals surface area contributed by atoms with Gasteiger partial charge in [-0.05, 0) is 24.6 Å². The zero-order valence-corrected chi connectivity index (χ0v) is 11.1. The van der Waals surface area contributed by atoms with Crippen LogP contribution in [0.25, 0.3) is 0 Å². The van der Waals surface area contributed by atoms with Crippen LogP contribution in [-0.4, -0.2) is 14.7 Å². The van der Waals surface area contributed by atoms with Crippen molar-refractivity contribution in [3.8, 4) is 0 Å². The quantitative estimate of drug-likeness (QED) is 0.852. The van der Waals surface area contributed by atoms with Crippen molar-refractivity contribution in [3.63, 3.8) is 0 Å². The van der Waals surface area contributed by atoms with Crippen molar-refractivity contribution in [1.82, 2.24) is 9.55 Å². The highest BCUT2D eigenvalue weighted by molar-refractivity contribution is 7.98. The third-order valence-corrected chi connectivity index (χ3v) is 3.66. The first-order valence-corrected chi connectivity index (χ1v) is 6.77. The molecule has 1 aromatic carbocycles. The molecule has 2 rings (SSSR count). The Bertz CT molecular complexity index is 543. The summed E-state index contributed by atoms with van der Waals surface area (Å²) in [6.07, 6.45) is 2.10. The lowest BCUT2D eigenvalue weighted by Gasteiger charge is -2.08. The summed E-state index contributed by atoms with van der Waals surface area (Å²) in [6, 6.07) is 7.40. The first-order valence-electron chi connectivity index (χ1n) is 5.78. The van der Waals surface area contributed by atoms with Crippen LogP contribution in [0.3, 0.4) is 0 Å². The smallest absolute Gasteiger partial charge is 0.319 e. The van der Waals surface area contributed by atoms with E-state index >= 15 is 0 Å². The second-order valence-electron chi connectivity index (χ2n) is 4.07. The van der Waals surface area contributed by atoms with E-state index in [2.05, 4.69) is 4.98 Å². The summed E-state index contributed by atoms with van der Waals surface area (Å²) in [6.45, 7) is -0.880. The molecule has 2 aromatic rings. The molecule has 6 heteroatoms. The van der Waals surface area contributed by atoms with Gasteiger partial charge in [0.05, 0.1) is 11.9 Å². The molecule has 1 atom stereocenters. The Kier molecular flexibility index (Phi) is 4.55. The molecule has 1 aromatic heterocycles. The zero-order chi connectivity index (χ0) is 13.8. The van der Waals surface area contributed by atoms with Gasteiger partial charge in [-0.25, -0.2) is 4.98 Å². The molecule has 0 saturated heterocycles. The Morgan fingerprint density at radius 1 is 1.42 bits per heavy atom. The molecule has 0 aliphatic rings. The minimum Gasteiger partial charge on any atom is -0.389 e. The molecule has 3 nitrogen and oxygen atoms in total. The summed E-state index contributed by atoms with van der Waals surface area (Å²) < 4.78 is 26.1. The van der Waals surface area contributed by atoms with Gasteiger partial charge >= 0.3 is 6.55 Å². The van der Waals surface area contributed by atoms with E-state index in [1.807, 2.05) is 24.3 Å². The Hall–Kier alpha value is -1.40. The number of hydrogen-bond acceptors (Lipinski definition) is 3. The van der Waals surface area contributed by atoms with Crippen LogP contribution in [0.4, 0.5) is 8.78 Å².